The first-order valence-electron chi connectivity index (χ1n) is 9.24. The molecule has 0 aliphatic carbocycles. The second kappa shape index (κ2) is 10.7. The Labute approximate surface area is 173 Å². The van der Waals surface area contributed by atoms with Gasteiger partial charge in [-0.25, -0.2) is 9.97 Å². The Balaban J connectivity index is 1.69. The van der Waals surface area contributed by atoms with Crippen LogP contribution in [-0.2, 0) is 20.8 Å². The third-order valence-electron chi connectivity index (χ3n) is 3.90. The number of nitrogens with zero attached hydrogens (tertiary/aromatic N) is 2. The number of thioether (sulfide) groups is 1. The fourth-order valence-corrected chi connectivity index (χ4v) is 4.03. The number of amides is 1. The number of carbonyl (C=O) groups is 2. The summed E-state index contributed by atoms with van der Waals surface area (Å²) in [5, 5.41) is 12.0. The highest BCUT2D eigenvalue weighted by atomic mass is 32.2. The van der Waals surface area contributed by atoms with Crippen molar-refractivity contribution < 1.29 is 19.1 Å². The quantitative estimate of drug-likeness (QED) is 0.411. The van der Waals surface area contributed by atoms with E-state index in [0.29, 0.717) is 42.5 Å². The monoisotopic (exact) mass is 425 g/mol. The van der Waals surface area contributed by atoms with Crippen LogP contribution in [-0.4, -0.2) is 33.4 Å². The first-order valence-corrected chi connectivity index (χ1v) is 11.0. The van der Waals surface area contributed by atoms with Gasteiger partial charge in [0.25, 0.3) is 0 Å². The smallest absolute Gasteiger partial charge is 0.226 e. The van der Waals surface area contributed by atoms with E-state index in [-0.39, 0.29) is 17.1 Å². The van der Waals surface area contributed by atoms with Gasteiger partial charge in [0.1, 0.15) is 12.4 Å². The minimum atomic E-state index is -0.404. The minimum absolute atomic E-state index is 0.0633. The highest BCUT2D eigenvalue weighted by Gasteiger charge is 2.19. The van der Waals surface area contributed by atoms with Gasteiger partial charge >= 0.3 is 0 Å². The molecule has 0 atom stereocenters. The van der Waals surface area contributed by atoms with Crippen molar-refractivity contribution in [1.29, 1.82) is 0 Å². The Morgan fingerprint density at radius 1 is 1.18 bits per heavy atom. The molecule has 28 heavy (non-hydrogen) atoms. The maximum atomic E-state index is 12.0. The van der Waals surface area contributed by atoms with Gasteiger partial charge in [0.05, 0.1) is 22.4 Å². The van der Waals surface area contributed by atoms with E-state index in [4.69, 9.17) is 9.52 Å². The van der Waals surface area contributed by atoms with E-state index in [1.54, 1.807) is 24.2 Å². The van der Waals surface area contributed by atoms with Gasteiger partial charge in [0.2, 0.25) is 11.8 Å². The maximum Gasteiger partial charge on any atom is 0.226 e. The molecule has 0 radical (unpaired) electrons. The molecular weight excluding hydrogens is 398 g/mol. The molecule has 2 aromatic rings. The summed E-state index contributed by atoms with van der Waals surface area (Å²) in [5.74, 6) is 1.91. The lowest BCUT2D eigenvalue weighted by Crippen LogP contribution is -2.10. The van der Waals surface area contributed by atoms with Crippen molar-refractivity contribution in [3.63, 3.8) is 0 Å². The number of rotatable bonds is 11. The Hall–Kier alpha value is -1.71. The number of unbranched alkanes of at least 4 members (excludes halogenated alkanes) is 2. The van der Waals surface area contributed by atoms with E-state index in [1.807, 2.05) is 0 Å². The van der Waals surface area contributed by atoms with Crippen molar-refractivity contribution in [3.05, 3.63) is 24.0 Å². The van der Waals surface area contributed by atoms with Crippen molar-refractivity contribution in [2.24, 2.45) is 0 Å². The molecule has 2 aromatic heterocycles. The molecule has 0 aromatic carbocycles. The molecule has 2 heterocycles. The Morgan fingerprint density at radius 3 is 2.61 bits per heavy atom. The standard InChI is InChI=1S/C19H27N3O4S2/c1-19(2,3)14-9-20-16(26-14)12-27-17-10-21-18(28-17)22-15(25)8-6-4-5-7-13(24)11-23/h9-10,23H,4-8,11-12H2,1-3H3,(H,21,22,25). The average molecular weight is 426 g/mol. The predicted octanol–water partition coefficient (Wildman–Crippen LogP) is 4.17. The van der Waals surface area contributed by atoms with E-state index in [2.05, 4.69) is 36.1 Å². The largest absolute Gasteiger partial charge is 0.444 e. The zero-order valence-corrected chi connectivity index (χ0v) is 18.1. The zero-order chi connectivity index (χ0) is 20.6. The third kappa shape index (κ3) is 7.73. The molecule has 0 saturated heterocycles. The van der Waals surface area contributed by atoms with E-state index >= 15 is 0 Å². The van der Waals surface area contributed by atoms with Crippen molar-refractivity contribution in [2.75, 3.05) is 11.9 Å². The minimum Gasteiger partial charge on any atom is -0.444 e. The summed E-state index contributed by atoms with van der Waals surface area (Å²) < 4.78 is 6.75. The number of ketones is 1. The third-order valence-corrected chi connectivity index (χ3v) is 5.99. The van der Waals surface area contributed by atoms with Gasteiger partial charge < -0.3 is 14.8 Å². The molecule has 0 fully saturated rings. The van der Waals surface area contributed by atoms with Crippen LogP contribution >= 0.6 is 23.1 Å². The first-order chi connectivity index (χ1) is 13.3. The van der Waals surface area contributed by atoms with Gasteiger partial charge in [-0.3, -0.25) is 9.59 Å². The number of hydrogen-bond acceptors (Lipinski definition) is 8. The first kappa shape index (κ1) is 22.6. The topological polar surface area (TPSA) is 105 Å². The molecule has 7 nitrogen and oxygen atoms in total. The SMILES string of the molecule is CC(C)(C)c1cnc(CSc2cnc(NC(=O)CCCCCC(=O)CO)s2)o1. The molecular formula is C19H27N3O4S2. The van der Waals surface area contributed by atoms with E-state index in [0.717, 1.165) is 16.4 Å². The highest BCUT2D eigenvalue weighted by molar-refractivity contribution is 8.00. The number of aliphatic hydroxyl groups is 1. The number of Topliss-reactive ketones (excluding diaryl/α,β-unsaturated/α-hetero) is 1. The molecule has 0 spiro atoms. The van der Waals surface area contributed by atoms with Gasteiger partial charge in [-0.1, -0.05) is 38.5 Å². The number of hydrogen-bond donors (Lipinski definition) is 2. The number of oxazole rings is 1. The second-order valence-electron chi connectivity index (χ2n) is 7.45. The van der Waals surface area contributed by atoms with E-state index in [1.165, 1.54) is 11.3 Å². The summed E-state index contributed by atoms with van der Waals surface area (Å²) in [4.78, 5) is 31.5. The molecule has 2 N–H and O–H groups in total. The summed E-state index contributed by atoms with van der Waals surface area (Å²) in [6, 6.07) is 0. The van der Waals surface area contributed by atoms with Gasteiger partial charge in [-0.2, -0.15) is 0 Å². The average Bonchev–Trinajstić information content (AvgIpc) is 3.28. The van der Waals surface area contributed by atoms with Crippen LogP contribution in [0.15, 0.2) is 21.0 Å². The summed E-state index contributed by atoms with van der Waals surface area (Å²) in [6.07, 6.45) is 6.45. The molecule has 154 valence electrons. The Morgan fingerprint density at radius 2 is 1.93 bits per heavy atom. The summed E-state index contributed by atoms with van der Waals surface area (Å²) in [7, 11) is 0. The van der Waals surface area contributed by atoms with E-state index in [9.17, 15) is 9.59 Å². The lowest BCUT2D eigenvalue weighted by molar-refractivity contribution is -0.121. The maximum absolute atomic E-state index is 12.0. The number of aromatic nitrogens is 2. The molecule has 0 bridgehead atoms. The summed E-state index contributed by atoms with van der Waals surface area (Å²) in [6.45, 7) is 5.84. The molecule has 0 aliphatic heterocycles. The summed E-state index contributed by atoms with van der Waals surface area (Å²) >= 11 is 2.99. The molecule has 1 amide bonds. The number of nitrogens with one attached hydrogen (secondary N) is 1. The van der Waals surface area contributed by atoms with Gasteiger partial charge in [-0.05, 0) is 12.8 Å². The van der Waals surface area contributed by atoms with Crippen molar-refractivity contribution in [1.82, 2.24) is 9.97 Å². The lowest BCUT2D eigenvalue weighted by atomic mass is 9.94. The number of thiazole rings is 1. The van der Waals surface area contributed by atoms with E-state index < -0.39 is 6.61 Å². The number of aliphatic hydroxyl groups excluding tert-OH is 1. The van der Waals surface area contributed by atoms with Gasteiger partial charge in [0, 0.05) is 18.3 Å². The van der Waals surface area contributed by atoms with Crippen molar-refractivity contribution in [2.45, 2.75) is 68.3 Å². The Kier molecular flexibility index (Phi) is 8.65. The normalized spacial score (nSPS) is 11.6. The van der Waals surface area contributed by atoms with Crippen LogP contribution in [0.3, 0.4) is 0 Å². The van der Waals surface area contributed by atoms with Crippen molar-refractivity contribution >= 4 is 39.9 Å². The molecule has 9 heteroatoms. The molecule has 0 saturated carbocycles. The molecule has 0 aliphatic rings. The van der Waals surface area contributed by atoms with Crippen LogP contribution in [0.4, 0.5) is 5.13 Å². The van der Waals surface area contributed by atoms with Crippen LogP contribution in [0, 0.1) is 0 Å². The van der Waals surface area contributed by atoms with Crippen molar-refractivity contribution in [3.8, 4) is 0 Å². The van der Waals surface area contributed by atoms with Crippen LogP contribution < -0.4 is 5.32 Å². The zero-order valence-electron chi connectivity index (χ0n) is 16.5. The molecule has 2 rings (SSSR count). The second-order valence-corrected chi connectivity index (χ2v) is 9.75. The number of anilines is 1. The number of carbonyl (C=O) groups excluding carboxylic acids is 2. The highest BCUT2D eigenvalue weighted by Crippen LogP contribution is 2.31. The van der Waals surface area contributed by atoms with Gasteiger partial charge in [0.15, 0.2) is 10.9 Å². The Bertz CT molecular complexity index is 780. The van der Waals surface area contributed by atoms with Crippen LogP contribution in [0.5, 0.6) is 0 Å². The summed E-state index contributed by atoms with van der Waals surface area (Å²) in [5.41, 5.74) is -0.0633. The fraction of sp³-hybridized carbons (Fsp3) is 0.579. The predicted molar refractivity (Wildman–Crippen MR) is 111 cm³/mol. The fourth-order valence-electron chi connectivity index (χ4n) is 2.29. The van der Waals surface area contributed by atoms with Crippen LogP contribution in [0.25, 0.3) is 0 Å². The molecule has 0 unspecified atom stereocenters. The van der Waals surface area contributed by atoms with Gasteiger partial charge in [-0.15, -0.1) is 11.8 Å². The lowest BCUT2D eigenvalue weighted by Gasteiger charge is -2.12. The van der Waals surface area contributed by atoms with Crippen LogP contribution in [0.1, 0.15) is 64.5 Å². The van der Waals surface area contributed by atoms with Crippen LogP contribution in [0.2, 0.25) is 0 Å².